The van der Waals surface area contributed by atoms with Gasteiger partial charge in [-0.1, -0.05) is 11.6 Å². The van der Waals surface area contributed by atoms with E-state index in [1.165, 1.54) is 6.92 Å². The number of ether oxygens (including phenoxy) is 1. The largest absolute Gasteiger partial charge is 0.448 e. The van der Waals surface area contributed by atoms with E-state index in [4.69, 9.17) is 26.5 Å². The minimum absolute atomic E-state index is 0.00745. The Morgan fingerprint density at radius 2 is 1.95 bits per heavy atom. The number of carbonyl (C=O) groups excluding carboxylic acids is 2. The van der Waals surface area contributed by atoms with Crippen LogP contribution in [-0.2, 0) is 9.53 Å². The van der Waals surface area contributed by atoms with Gasteiger partial charge in [0.15, 0.2) is 11.8 Å². The van der Waals surface area contributed by atoms with E-state index in [9.17, 15) is 9.59 Å². The van der Waals surface area contributed by atoms with Crippen LogP contribution in [0.4, 0.5) is 0 Å². The molecule has 1 atom stereocenters. The van der Waals surface area contributed by atoms with Crippen LogP contribution in [0.1, 0.15) is 23.2 Å². The summed E-state index contributed by atoms with van der Waals surface area (Å²) in [4.78, 5) is 26.9. The number of nitrogens with zero attached hydrogens (tertiary/aromatic N) is 1. The molecule has 1 amide bonds. The van der Waals surface area contributed by atoms with Crippen molar-refractivity contribution >= 4 is 23.5 Å². The summed E-state index contributed by atoms with van der Waals surface area (Å²) in [6.45, 7) is 2.97. The first-order chi connectivity index (χ1) is 9.88. The molecular weight excluding hydrogens is 296 g/mol. The highest BCUT2D eigenvalue weighted by molar-refractivity contribution is 6.30. The van der Waals surface area contributed by atoms with Gasteiger partial charge in [-0.2, -0.15) is 0 Å². The van der Waals surface area contributed by atoms with Crippen LogP contribution in [0.5, 0.6) is 0 Å². The minimum Gasteiger partial charge on any atom is -0.448 e. The molecule has 2 N–H and O–H groups in total. The van der Waals surface area contributed by atoms with Crippen LogP contribution in [0.25, 0.3) is 11.5 Å². The molecule has 2 aromatic rings. The molecule has 0 unspecified atom stereocenters. The summed E-state index contributed by atoms with van der Waals surface area (Å²) in [6.07, 6.45) is -1.03. The van der Waals surface area contributed by atoms with Crippen LogP contribution < -0.4 is 5.73 Å². The summed E-state index contributed by atoms with van der Waals surface area (Å²) in [7, 11) is 0. The summed E-state index contributed by atoms with van der Waals surface area (Å²) in [5, 5.41) is 0.581. The zero-order valence-electron chi connectivity index (χ0n) is 11.4. The molecule has 7 heteroatoms. The molecule has 0 radical (unpaired) electrons. The highest BCUT2D eigenvalue weighted by atomic mass is 35.5. The number of oxazole rings is 1. The van der Waals surface area contributed by atoms with Crippen molar-refractivity contribution in [1.82, 2.24) is 4.98 Å². The number of benzene rings is 1. The fraction of sp³-hybridized carbons (Fsp3) is 0.214. The van der Waals surface area contributed by atoms with Crippen molar-refractivity contribution < 1.29 is 18.7 Å². The predicted octanol–water partition coefficient (Wildman–Crippen LogP) is 2.33. The number of nitrogens with two attached hydrogens (primary N) is 1. The van der Waals surface area contributed by atoms with E-state index in [1.54, 1.807) is 31.2 Å². The van der Waals surface area contributed by atoms with E-state index < -0.39 is 18.0 Å². The van der Waals surface area contributed by atoms with Gasteiger partial charge in [-0.25, -0.2) is 9.78 Å². The maximum atomic E-state index is 11.9. The first-order valence-electron chi connectivity index (χ1n) is 6.12. The van der Waals surface area contributed by atoms with E-state index >= 15 is 0 Å². The summed E-state index contributed by atoms with van der Waals surface area (Å²) >= 11 is 5.80. The molecule has 0 bridgehead atoms. The molecule has 2 rings (SSSR count). The predicted molar refractivity (Wildman–Crippen MR) is 75.8 cm³/mol. The molecular formula is C14H13ClN2O4. The van der Waals surface area contributed by atoms with Crippen molar-refractivity contribution in [1.29, 1.82) is 0 Å². The Hall–Kier alpha value is -2.34. The standard InChI is InChI=1S/C14H13ClN2O4/c1-7-11(14(19)21-8(2)12(16)18)17-13(20-7)9-3-5-10(15)6-4-9/h3-6,8H,1-2H3,(H2,16,18)/t8-/m1/s1. The van der Waals surface area contributed by atoms with Crippen molar-refractivity contribution in [3.8, 4) is 11.5 Å². The Balaban J connectivity index is 2.25. The third kappa shape index (κ3) is 3.41. The molecule has 1 heterocycles. The fourth-order valence-corrected chi connectivity index (χ4v) is 1.70. The lowest BCUT2D eigenvalue weighted by atomic mass is 10.2. The van der Waals surface area contributed by atoms with Crippen LogP contribution in [0, 0.1) is 6.92 Å². The highest BCUT2D eigenvalue weighted by Crippen LogP contribution is 2.23. The number of halogens is 1. The van der Waals surface area contributed by atoms with E-state index in [1.807, 2.05) is 0 Å². The molecule has 0 saturated carbocycles. The van der Waals surface area contributed by atoms with Gasteiger partial charge in [0.2, 0.25) is 5.89 Å². The van der Waals surface area contributed by atoms with Crippen LogP contribution in [0.15, 0.2) is 28.7 Å². The maximum absolute atomic E-state index is 11.9. The molecule has 0 aliphatic carbocycles. The molecule has 0 aliphatic heterocycles. The molecule has 0 fully saturated rings. The smallest absolute Gasteiger partial charge is 0.361 e. The van der Waals surface area contributed by atoms with Crippen molar-refractivity contribution in [2.24, 2.45) is 5.73 Å². The topological polar surface area (TPSA) is 95.4 Å². The van der Waals surface area contributed by atoms with Crippen molar-refractivity contribution in [3.05, 3.63) is 40.7 Å². The Morgan fingerprint density at radius 3 is 2.52 bits per heavy atom. The van der Waals surface area contributed by atoms with Crippen molar-refractivity contribution in [2.45, 2.75) is 20.0 Å². The second kappa shape index (κ2) is 5.97. The van der Waals surface area contributed by atoms with Gasteiger partial charge in [0.25, 0.3) is 5.91 Å². The Bertz CT molecular complexity index is 679. The molecule has 21 heavy (non-hydrogen) atoms. The Kier molecular flexibility index (Phi) is 4.28. The first kappa shape index (κ1) is 15.1. The monoisotopic (exact) mass is 308 g/mol. The lowest BCUT2D eigenvalue weighted by Crippen LogP contribution is -2.30. The number of primary amides is 1. The minimum atomic E-state index is -1.03. The molecule has 6 nitrogen and oxygen atoms in total. The summed E-state index contributed by atoms with van der Waals surface area (Å²) < 4.78 is 10.3. The van der Waals surface area contributed by atoms with E-state index in [2.05, 4.69) is 4.98 Å². The molecule has 0 saturated heterocycles. The Labute approximate surface area is 125 Å². The SMILES string of the molecule is Cc1oc(-c2ccc(Cl)cc2)nc1C(=O)O[C@H](C)C(N)=O. The number of esters is 1. The van der Waals surface area contributed by atoms with Crippen LogP contribution in [0.3, 0.4) is 0 Å². The number of rotatable bonds is 4. The quantitative estimate of drug-likeness (QED) is 0.875. The average molecular weight is 309 g/mol. The van der Waals surface area contributed by atoms with Crippen molar-refractivity contribution in [2.75, 3.05) is 0 Å². The lowest BCUT2D eigenvalue weighted by Gasteiger charge is -2.07. The maximum Gasteiger partial charge on any atom is 0.361 e. The number of hydrogen-bond donors (Lipinski definition) is 1. The van der Waals surface area contributed by atoms with Crippen LogP contribution in [0.2, 0.25) is 5.02 Å². The number of carbonyl (C=O) groups is 2. The van der Waals surface area contributed by atoms with Gasteiger partial charge in [-0.15, -0.1) is 0 Å². The Morgan fingerprint density at radius 1 is 1.33 bits per heavy atom. The van der Waals surface area contributed by atoms with Crippen LogP contribution in [-0.4, -0.2) is 23.0 Å². The second-order valence-corrected chi connectivity index (χ2v) is 4.82. The van der Waals surface area contributed by atoms with E-state index in [0.29, 0.717) is 16.3 Å². The van der Waals surface area contributed by atoms with Gasteiger partial charge < -0.3 is 14.9 Å². The van der Waals surface area contributed by atoms with Gasteiger partial charge in [0.1, 0.15) is 5.76 Å². The van der Waals surface area contributed by atoms with Gasteiger partial charge >= 0.3 is 5.97 Å². The van der Waals surface area contributed by atoms with Gasteiger partial charge in [0.05, 0.1) is 0 Å². The number of aryl methyl sites for hydroxylation is 1. The fourth-order valence-electron chi connectivity index (χ4n) is 1.58. The summed E-state index contributed by atoms with van der Waals surface area (Å²) in [5.74, 6) is -0.936. The second-order valence-electron chi connectivity index (χ2n) is 4.38. The van der Waals surface area contributed by atoms with E-state index in [0.717, 1.165) is 0 Å². The first-order valence-corrected chi connectivity index (χ1v) is 6.50. The molecule has 0 spiro atoms. The zero-order valence-corrected chi connectivity index (χ0v) is 12.2. The normalized spacial score (nSPS) is 12.0. The number of hydrogen-bond acceptors (Lipinski definition) is 5. The highest BCUT2D eigenvalue weighted by Gasteiger charge is 2.23. The third-order valence-corrected chi connectivity index (χ3v) is 3.02. The van der Waals surface area contributed by atoms with E-state index in [-0.39, 0.29) is 11.6 Å². The van der Waals surface area contributed by atoms with Gasteiger partial charge in [-0.05, 0) is 38.1 Å². The zero-order chi connectivity index (χ0) is 15.6. The number of amides is 1. The average Bonchev–Trinajstić information content (AvgIpc) is 2.81. The number of aromatic nitrogens is 1. The van der Waals surface area contributed by atoms with Gasteiger partial charge in [-0.3, -0.25) is 4.79 Å². The lowest BCUT2D eigenvalue weighted by molar-refractivity contribution is -0.125. The molecule has 1 aromatic carbocycles. The third-order valence-electron chi connectivity index (χ3n) is 2.77. The van der Waals surface area contributed by atoms with Crippen LogP contribution >= 0.6 is 11.6 Å². The molecule has 110 valence electrons. The summed E-state index contributed by atoms with van der Waals surface area (Å²) in [5.41, 5.74) is 5.72. The van der Waals surface area contributed by atoms with Crippen molar-refractivity contribution in [3.63, 3.8) is 0 Å². The molecule has 1 aromatic heterocycles. The summed E-state index contributed by atoms with van der Waals surface area (Å²) in [6, 6.07) is 6.80. The van der Waals surface area contributed by atoms with Gasteiger partial charge in [0, 0.05) is 10.6 Å². The molecule has 0 aliphatic rings.